The lowest BCUT2D eigenvalue weighted by Gasteiger charge is -2.24. The number of ether oxygens (including phenoxy) is 1. The van der Waals surface area contributed by atoms with Crippen molar-refractivity contribution in [1.29, 1.82) is 0 Å². The molecule has 0 saturated heterocycles. The van der Waals surface area contributed by atoms with Gasteiger partial charge in [0, 0.05) is 13.1 Å². The van der Waals surface area contributed by atoms with Gasteiger partial charge in [0.15, 0.2) is 10.4 Å². The lowest BCUT2D eigenvalue weighted by molar-refractivity contribution is -0.145. The predicted molar refractivity (Wildman–Crippen MR) is 86.7 cm³/mol. The summed E-state index contributed by atoms with van der Waals surface area (Å²) in [6.07, 6.45) is 0.814. The van der Waals surface area contributed by atoms with E-state index in [1.54, 1.807) is 24.0 Å². The van der Waals surface area contributed by atoms with Crippen molar-refractivity contribution in [3.05, 3.63) is 22.6 Å². The smallest absolute Gasteiger partial charge is 0.310 e. The van der Waals surface area contributed by atoms with Gasteiger partial charge in [-0.15, -0.1) is 0 Å². The fourth-order valence-corrected chi connectivity index (χ4v) is 2.35. The third-order valence-corrected chi connectivity index (χ3v) is 3.63. The van der Waals surface area contributed by atoms with Gasteiger partial charge in [-0.05, 0) is 55.1 Å². The number of carbonyl (C=O) groups excluding carboxylic acids is 2. The summed E-state index contributed by atoms with van der Waals surface area (Å²) < 4.78 is 10.6. The first-order valence-electron chi connectivity index (χ1n) is 7.12. The molecule has 0 radical (unpaired) electrons. The minimum Gasteiger partial charge on any atom is -0.469 e. The molecular weight excluding hydrogens is 352 g/mol. The first-order valence-corrected chi connectivity index (χ1v) is 7.91. The highest BCUT2D eigenvalue weighted by molar-refractivity contribution is 9.10. The van der Waals surface area contributed by atoms with Crippen LogP contribution >= 0.6 is 15.9 Å². The fourth-order valence-electron chi connectivity index (χ4n) is 2.04. The molecular formula is C15H23BrN2O4. The second kappa shape index (κ2) is 8.95. The lowest BCUT2D eigenvalue weighted by Crippen LogP contribution is -2.38. The van der Waals surface area contributed by atoms with Gasteiger partial charge in [-0.25, -0.2) is 0 Å². The zero-order valence-electron chi connectivity index (χ0n) is 13.5. The molecule has 0 N–H and O–H groups in total. The van der Waals surface area contributed by atoms with Crippen molar-refractivity contribution in [2.24, 2.45) is 5.92 Å². The summed E-state index contributed by atoms with van der Waals surface area (Å²) in [5, 5.41) is 0. The van der Waals surface area contributed by atoms with Crippen LogP contribution in [0.1, 0.15) is 23.9 Å². The van der Waals surface area contributed by atoms with Gasteiger partial charge in [-0.1, -0.05) is 6.92 Å². The summed E-state index contributed by atoms with van der Waals surface area (Å²) in [6.45, 7) is 3.46. The Kier molecular flexibility index (Phi) is 7.61. The predicted octanol–water partition coefficient (Wildman–Crippen LogP) is 2.25. The van der Waals surface area contributed by atoms with Crippen LogP contribution in [-0.4, -0.2) is 62.5 Å². The third kappa shape index (κ3) is 5.81. The molecule has 0 bridgehead atoms. The van der Waals surface area contributed by atoms with E-state index in [1.165, 1.54) is 7.11 Å². The minimum absolute atomic E-state index is 0.222. The Bertz CT molecular complexity index is 501. The maximum atomic E-state index is 12.5. The van der Waals surface area contributed by atoms with Crippen LogP contribution in [0, 0.1) is 5.92 Å². The third-order valence-electron chi connectivity index (χ3n) is 3.20. The van der Waals surface area contributed by atoms with Gasteiger partial charge in [-0.2, -0.15) is 0 Å². The van der Waals surface area contributed by atoms with Gasteiger partial charge < -0.3 is 19.0 Å². The van der Waals surface area contributed by atoms with Gasteiger partial charge in [0.1, 0.15) is 0 Å². The van der Waals surface area contributed by atoms with E-state index in [9.17, 15) is 9.59 Å². The molecule has 0 aliphatic carbocycles. The average molecular weight is 375 g/mol. The van der Waals surface area contributed by atoms with Crippen LogP contribution in [0.4, 0.5) is 0 Å². The Morgan fingerprint density at radius 1 is 1.32 bits per heavy atom. The van der Waals surface area contributed by atoms with Crippen LogP contribution in [0.5, 0.6) is 0 Å². The van der Waals surface area contributed by atoms with E-state index in [0.29, 0.717) is 17.8 Å². The van der Waals surface area contributed by atoms with Gasteiger partial charge in [0.05, 0.1) is 13.0 Å². The summed E-state index contributed by atoms with van der Waals surface area (Å²) in [6, 6.07) is 3.29. The van der Waals surface area contributed by atoms with Crippen molar-refractivity contribution in [2.75, 3.05) is 40.8 Å². The number of amides is 1. The molecule has 0 aromatic carbocycles. The van der Waals surface area contributed by atoms with Gasteiger partial charge >= 0.3 is 5.97 Å². The van der Waals surface area contributed by atoms with E-state index >= 15 is 0 Å². The van der Waals surface area contributed by atoms with Crippen LogP contribution in [0.25, 0.3) is 0 Å². The first-order chi connectivity index (χ1) is 10.3. The molecule has 0 saturated carbocycles. The highest BCUT2D eigenvalue weighted by atomic mass is 79.9. The van der Waals surface area contributed by atoms with Crippen LogP contribution in [0.2, 0.25) is 0 Å². The van der Waals surface area contributed by atoms with E-state index in [4.69, 9.17) is 9.15 Å². The van der Waals surface area contributed by atoms with E-state index in [2.05, 4.69) is 20.8 Å². The van der Waals surface area contributed by atoms with Crippen molar-refractivity contribution in [3.8, 4) is 0 Å². The second-order valence-electron chi connectivity index (χ2n) is 5.44. The zero-order valence-corrected chi connectivity index (χ0v) is 15.1. The molecule has 0 spiro atoms. The topological polar surface area (TPSA) is 63.0 Å². The first kappa shape index (κ1) is 18.7. The maximum absolute atomic E-state index is 12.5. The number of rotatable bonds is 8. The van der Waals surface area contributed by atoms with E-state index in [0.717, 1.165) is 13.0 Å². The summed E-state index contributed by atoms with van der Waals surface area (Å²) in [5.41, 5.74) is 0. The largest absolute Gasteiger partial charge is 0.469 e. The molecule has 1 aromatic heterocycles. The Morgan fingerprint density at radius 3 is 2.50 bits per heavy atom. The second-order valence-corrected chi connectivity index (χ2v) is 6.22. The molecule has 1 unspecified atom stereocenters. The standard InChI is InChI=1S/C15H23BrN2O4/c1-11(15(20)21-4)10-18(9-5-8-17(2)3)14(19)12-6-7-13(16)22-12/h6-7,11H,5,8-10H2,1-4H3. The Hall–Kier alpha value is -1.34. The number of esters is 1. The fraction of sp³-hybridized carbons (Fsp3) is 0.600. The number of hydrogen-bond acceptors (Lipinski definition) is 5. The number of hydrogen-bond donors (Lipinski definition) is 0. The molecule has 0 fully saturated rings. The Morgan fingerprint density at radius 2 is 2.00 bits per heavy atom. The molecule has 1 aromatic rings. The molecule has 0 aliphatic heterocycles. The Labute approximate surface area is 139 Å². The Balaban J connectivity index is 2.76. The number of nitrogens with zero attached hydrogens (tertiary/aromatic N) is 2. The quantitative estimate of drug-likeness (QED) is 0.653. The number of methoxy groups -OCH3 is 1. The lowest BCUT2D eigenvalue weighted by atomic mass is 10.1. The van der Waals surface area contributed by atoms with Crippen LogP contribution in [0.15, 0.2) is 21.2 Å². The summed E-state index contributed by atoms with van der Waals surface area (Å²) in [5.74, 6) is -0.674. The molecule has 1 rings (SSSR count). The van der Waals surface area contributed by atoms with Gasteiger partial charge in [0.25, 0.3) is 5.91 Å². The highest BCUT2D eigenvalue weighted by Crippen LogP contribution is 2.17. The number of carbonyl (C=O) groups is 2. The number of halogens is 1. The monoisotopic (exact) mass is 374 g/mol. The molecule has 1 amide bonds. The van der Waals surface area contributed by atoms with Crippen LogP contribution < -0.4 is 0 Å². The number of furan rings is 1. The molecule has 1 heterocycles. The van der Waals surface area contributed by atoms with Crippen molar-refractivity contribution in [1.82, 2.24) is 9.80 Å². The van der Waals surface area contributed by atoms with Crippen LogP contribution in [-0.2, 0) is 9.53 Å². The van der Waals surface area contributed by atoms with E-state index in [-0.39, 0.29) is 23.6 Å². The SMILES string of the molecule is COC(=O)C(C)CN(CCCN(C)C)C(=O)c1ccc(Br)o1. The van der Waals surface area contributed by atoms with Crippen molar-refractivity contribution < 1.29 is 18.7 Å². The van der Waals surface area contributed by atoms with Crippen molar-refractivity contribution >= 4 is 27.8 Å². The highest BCUT2D eigenvalue weighted by Gasteiger charge is 2.24. The molecule has 7 heteroatoms. The summed E-state index contributed by atoms with van der Waals surface area (Å²) >= 11 is 3.19. The van der Waals surface area contributed by atoms with Crippen molar-refractivity contribution in [2.45, 2.75) is 13.3 Å². The van der Waals surface area contributed by atoms with Crippen molar-refractivity contribution in [3.63, 3.8) is 0 Å². The normalized spacial score (nSPS) is 12.3. The summed E-state index contributed by atoms with van der Waals surface area (Å²) in [4.78, 5) is 27.8. The van der Waals surface area contributed by atoms with E-state index in [1.807, 2.05) is 14.1 Å². The van der Waals surface area contributed by atoms with E-state index < -0.39 is 0 Å². The average Bonchev–Trinajstić information content (AvgIpc) is 2.90. The molecule has 22 heavy (non-hydrogen) atoms. The maximum Gasteiger partial charge on any atom is 0.310 e. The minimum atomic E-state index is -0.383. The molecule has 1 atom stereocenters. The molecule has 0 aliphatic rings. The molecule has 124 valence electrons. The molecule has 6 nitrogen and oxygen atoms in total. The summed E-state index contributed by atoms with van der Waals surface area (Å²) in [7, 11) is 5.31. The zero-order chi connectivity index (χ0) is 16.7. The van der Waals surface area contributed by atoms with Gasteiger partial charge in [-0.3, -0.25) is 9.59 Å². The van der Waals surface area contributed by atoms with Gasteiger partial charge in [0.2, 0.25) is 0 Å². The van der Waals surface area contributed by atoms with Crippen LogP contribution in [0.3, 0.4) is 0 Å².